The Labute approximate surface area is 122 Å². The molecule has 2 rings (SSSR count). The number of rotatable bonds is 4. The predicted molar refractivity (Wildman–Crippen MR) is 77.6 cm³/mol. The fourth-order valence-corrected chi connectivity index (χ4v) is 2.45. The van der Waals surface area contributed by atoms with Gasteiger partial charge >= 0.3 is 5.69 Å². The van der Waals surface area contributed by atoms with Gasteiger partial charge in [0.15, 0.2) is 5.75 Å². The second-order valence-electron chi connectivity index (χ2n) is 5.19. The van der Waals surface area contributed by atoms with Crippen LogP contribution in [0.25, 0.3) is 0 Å². The normalized spacial score (nSPS) is 21.6. The third-order valence-electron chi connectivity index (χ3n) is 3.74. The summed E-state index contributed by atoms with van der Waals surface area (Å²) in [5, 5.41) is 17.1. The number of methoxy groups -OCH3 is 1. The number of hydrogen-bond donors (Lipinski definition) is 2. The minimum atomic E-state index is -0.532. The van der Waals surface area contributed by atoms with Crippen LogP contribution in [0.2, 0.25) is 0 Å². The van der Waals surface area contributed by atoms with Crippen molar-refractivity contribution in [3.8, 4) is 5.75 Å². The number of nitrogens with zero attached hydrogens (tertiary/aromatic N) is 1. The van der Waals surface area contributed by atoms with Crippen LogP contribution >= 0.6 is 0 Å². The van der Waals surface area contributed by atoms with Gasteiger partial charge in [-0.25, -0.2) is 0 Å². The fourth-order valence-electron chi connectivity index (χ4n) is 2.45. The van der Waals surface area contributed by atoms with Gasteiger partial charge in [0.25, 0.3) is 5.91 Å². The van der Waals surface area contributed by atoms with E-state index >= 15 is 0 Å². The monoisotopic (exact) mass is 293 g/mol. The van der Waals surface area contributed by atoms with Gasteiger partial charge < -0.3 is 15.4 Å². The van der Waals surface area contributed by atoms with Crippen LogP contribution in [0.15, 0.2) is 18.2 Å². The molecule has 1 aromatic rings. The largest absolute Gasteiger partial charge is 0.490 e. The molecule has 1 aliphatic heterocycles. The number of nitro groups is 1. The quantitative estimate of drug-likeness (QED) is 0.645. The highest BCUT2D eigenvalue weighted by Gasteiger charge is 2.24. The van der Waals surface area contributed by atoms with Crippen molar-refractivity contribution < 1.29 is 14.5 Å². The highest BCUT2D eigenvalue weighted by molar-refractivity contribution is 5.95. The lowest BCUT2D eigenvalue weighted by Crippen LogP contribution is -2.48. The lowest BCUT2D eigenvalue weighted by atomic mass is 9.95. The second-order valence-corrected chi connectivity index (χ2v) is 5.19. The van der Waals surface area contributed by atoms with Gasteiger partial charge in [-0.2, -0.15) is 0 Å². The zero-order valence-corrected chi connectivity index (χ0v) is 12.1. The van der Waals surface area contributed by atoms with Crippen LogP contribution < -0.4 is 15.4 Å². The van der Waals surface area contributed by atoms with E-state index < -0.39 is 4.92 Å². The predicted octanol–water partition coefficient (Wildman–Crippen LogP) is 1.33. The second kappa shape index (κ2) is 6.53. The van der Waals surface area contributed by atoms with Gasteiger partial charge in [0.05, 0.1) is 12.0 Å². The van der Waals surface area contributed by atoms with E-state index in [0.717, 1.165) is 19.5 Å². The summed E-state index contributed by atoms with van der Waals surface area (Å²) in [5.41, 5.74) is 0.215. The minimum absolute atomic E-state index is 0.0889. The summed E-state index contributed by atoms with van der Waals surface area (Å²) in [6.45, 7) is 3.82. The number of carbonyl (C=O) groups is 1. The van der Waals surface area contributed by atoms with Gasteiger partial charge in [-0.05, 0) is 31.5 Å². The molecule has 0 radical (unpaired) electrons. The molecule has 1 fully saturated rings. The van der Waals surface area contributed by atoms with Crippen LogP contribution in [0.1, 0.15) is 23.7 Å². The first-order valence-electron chi connectivity index (χ1n) is 6.87. The molecule has 1 saturated heterocycles. The average molecular weight is 293 g/mol. The van der Waals surface area contributed by atoms with Gasteiger partial charge in [-0.3, -0.25) is 14.9 Å². The molecule has 2 unspecified atom stereocenters. The van der Waals surface area contributed by atoms with Gasteiger partial charge in [-0.15, -0.1) is 0 Å². The Hall–Kier alpha value is -2.15. The molecular weight excluding hydrogens is 274 g/mol. The lowest BCUT2D eigenvalue weighted by molar-refractivity contribution is -0.385. The summed E-state index contributed by atoms with van der Waals surface area (Å²) in [7, 11) is 1.35. The van der Waals surface area contributed by atoms with Crippen LogP contribution in [0.3, 0.4) is 0 Å². The lowest BCUT2D eigenvalue weighted by Gasteiger charge is -2.30. The first kappa shape index (κ1) is 15.2. The Balaban J connectivity index is 2.13. The molecule has 114 valence electrons. The van der Waals surface area contributed by atoms with Crippen molar-refractivity contribution in [3.63, 3.8) is 0 Å². The first-order valence-corrected chi connectivity index (χ1v) is 6.87. The van der Waals surface area contributed by atoms with E-state index in [4.69, 9.17) is 4.74 Å². The molecule has 7 heteroatoms. The van der Waals surface area contributed by atoms with Crippen LogP contribution in [0.5, 0.6) is 5.75 Å². The van der Waals surface area contributed by atoms with Gasteiger partial charge in [0.2, 0.25) is 0 Å². The van der Waals surface area contributed by atoms with E-state index in [-0.39, 0.29) is 23.4 Å². The summed E-state index contributed by atoms with van der Waals surface area (Å²) in [6.07, 6.45) is 0.872. The highest BCUT2D eigenvalue weighted by Crippen LogP contribution is 2.27. The Morgan fingerprint density at radius 3 is 2.90 bits per heavy atom. The van der Waals surface area contributed by atoms with E-state index in [0.29, 0.717) is 11.5 Å². The Kier molecular flexibility index (Phi) is 4.74. The molecule has 1 aromatic carbocycles. The maximum atomic E-state index is 12.3. The molecule has 1 aliphatic rings. The van der Waals surface area contributed by atoms with E-state index in [2.05, 4.69) is 17.6 Å². The maximum absolute atomic E-state index is 12.3. The van der Waals surface area contributed by atoms with Crippen molar-refractivity contribution in [1.82, 2.24) is 10.6 Å². The number of piperidine rings is 1. The number of benzene rings is 1. The number of ether oxygens (including phenoxy) is 1. The third kappa shape index (κ3) is 3.49. The van der Waals surface area contributed by atoms with Crippen LogP contribution in [-0.2, 0) is 0 Å². The molecule has 21 heavy (non-hydrogen) atoms. The molecule has 7 nitrogen and oxygen atoms in total. The van der Waals surface area contributed by atoms with Gasteiger partial charge in [-0.1, -0.05) is 6.92 Å². The standard InChI is InChI=1S/C14H19N3O4/c1-9-8-15-6-5-11(9)16-14(18)10-3-4-12(17(19)20)13(7-10)21-2/h3-4,7,9,11,15H,5-6,8H2,1-2H3,(H,16,18). The third-order valence-corrected chi connectivity index (χ3v) is 3.74. The molecule has 0 aromatic heterocycles. The summed E-state index contributed by atoms with van der Waals surface area (Å²) in [6, 6.07) is 4.25. The van der Waals surface area contributed by atoms with Crippen LogP contribution in [0, 0.1) is 16.0 Å². The molecule has 1 heterocycles. The first-order chi connectivity index (χ1) is 10.0. The zero-order chi connectivity index (χ0) is 15.4. The molecule has 0 spiro atoms. The van der Waals surface area contributed by atoms with Crippen LogP contribution in [-0.4, -0.2) is 37.1 Å². The average Bonchev–Trinajstić information content (AvgIpc) is 2.48. The van der Waals surface area contributed by atoms with Gasteiger partial charge in [0.1, 0.15) is 0 Å². The Morgan fingerprint density at radius 2 is 2.29 bits per heavy atom. The molecule has 0 aliphatic carbocycles. The van der Waals surface area contributed by atoms with Crippen LogP contribution in [0.4, 0.5) is 5.69 Å². The number of hydrogen-bond acceptors (Lipinski definition) is 5. The Bertz CT molecular complexity index is 547. The molecule has 2 N–H and O–H groups in total. The van der Waals surface area contributed by atoms with E-state index in [1.165, 1.54) is 25.3 Å². The van der Waals surface area contributed by atoms with Crippen molar-refractivity contribution in [2.45, 2.75) is 19.4 Å². The summed E-state index contributed by atoms with van der Waals surface area (Å²) in [5.74, 6) is 0.204. The number of nitrogens with one attached hydrogen (secondary N) is 2. The number of amides is 1. The fraction of sp³-hybridized carbons (Fsp3) is 0.500. The number of carbonyl (C=O) groups excluding carboxylic acids is 1. The van der Waals surface area contributed by atoms with E-state index in [1.807, 2.05) is 0 Å². The molecule has 1 amide bonds. The summed E-state index contributed by atoms with van der Waals surface area (Å²) in [4.78, 5) is 22.6. The SMILES string of the molecule is COc1cc(C(=O)NC2CCNCC2C)ccc1[N+](=O)[O-]. The van der Waals surface area contributed by atoms with Crippen molar-refractivity contribution in [2.75, 3.05) is 20.2 Å². The van der Waals surface area contributed by atoms with Crippen molar-refractivity contribution >= 4 is 11.6 Å². The molecule has 0 bridgehead atoms. The minimum Gasteiger partial charge on any atom is -0.490 e. The maximum Gasteiger partial charge on any atom is 0.310 e. The van der Waals surface area contributed by atoms with Gasteiger partial charge in [0, 0.05) is 23.7 Å². The van der Waals surface area contributed by atoms with E-state index in [9.17, 15) is 14.9 Å². The van der Waals surface area contributed by atoms with Crippen molar-refractivity contribution in [2.24, 2.45) is 5.92 Å². The van der Waals surface area contributed by atoms with Crippen molar-refractivity contribution in [1.29, 1.82) is 0 Å². The summed E-state index contributed by atoms with van der Waals surface area (Å²) >= 11 is 0. The molecular formula is C14H19N3O4. The Morgan fingerprint density at radius 1 is 1.52 bits per heavy atom. The van der Waals surface area contributed by atoms with Crippen molar-refractivity contribution in [3.05, 3.63) is 33.9 Å². The molecule has 0 saturated carbocycles. The van der Waals surface area contributed by atoms with E-state index in [1.54, 1.807) is 0 Å². The topological polar surface area (TPSA) is 93.5 Å². The number of nitro benzene ring substituents is 1. The molecule has 2 atom stereocenters. The highest BCUT2D eigenvalue weighted by atomic mass is 16.6. The zero-order valence-electron chi connectivity index (χ0n) is 12.1. The summed E-state index contributed by atoms with van der Waals surface area (Å²) < 4.78 is 4.98. The smallest absolute Gasteiger partial charge is 0.310 e.